The Balaban J connectivity index is 1.46. The van der Waals surface area contributed by atoms with Crippen LogP contribution >= 0.6 is 0 Å². The van der Waals surface area contributed by atoms with Gasteiger partial charge in [0.15, 0.2) is 6.61 Å². The highest BCUT2D eigenvalue weighted by molar-refractivity contribution is 5.77. The number of nitrogens with one attached hydrogen (secondary N) is 1. The molecule has 0 atom stereocenters. The zero-order valence-electron chi connectivity index (χ0n) is 13.0. The number of amides is 1. The van der Waals surface area contributed by atoms with Crippen molar-refractivity contribution in [3.63, 3.8) is 0 Å². The van der Waals surface area contributed by atoms with Gasteiger partial charge in [-0.3, -0.25) is 9.48 Å². The number of tetrazole rings is 1. The van der Waals surface area contributed by atoms with Crippen LogP contribution in [0.2, 0.25) is 0 Å². The van der Waals surface area contributed by atoms with Crippen molar-refractivity contribution < 1.29 is 9.53 Å². The molecule has 10 heteroatoms. The Bertz CT molecular complexity index is 799. The Morgan fingerprint density at radius 1 is 1.38 bits per heavy atom. The van der Waals surface area contributed by atoms with Gasteiger partial charge in [-0.25, -0.2) is 9.67 Å². The molecule has 0 bridgehead atoms. The molecule has 10 nitrogen and oxygen atoms in total. The Morgan fingerprint density at radius 3 is 3.04 bits per heavy atom. The molecular formula is C14H16N8O2. The van der Waals surface area contributed by atoms with Crippen molar-refractivity contribution in [1.29, 1.82) is 0 Å². The molecule has 1 N–H and O–H groups in total. The summed E-state index contributed by atoms with van der Waals surface area (Å²) in [7, 11) is 1.81. The Hall–Kier alpha value is -3.30. The summed E-state index contributed by atoms with van der Waals surface area (Å²) in [6.45, 7) is 0.400. The van der Waals surface area contributed by atoms with Crippen LogP contribution in [0.4, 0.5) is 0 Å². The molecule has 2 aromatic heterocycles. The largest absolute Gasteiger partial charge is 0.484 e. The SMILES string of the molecule is Cn1ncnc1CCNC(=O)COc1cccc(-n2cnnn2)c1. The van der Waals surface area contributed by atoms with Crippen LogP contribution in [0.15, 0.2) is 36.9 Å². The minimum atomic E-state index is -0.204. The number of benzene rings is 1. The lowest BCUT2D eigenvalue weighted by Crippen LogP contribution is -2.31. The van der Waals surface area contributed by atoms with E-state index in [1.165, 1.54) is 17.3 Å². The van der Waals surface area contributed by atoms with Gasteiger partial charge in [-0.1, -0.05) is 6.07 Å². The lowest BCUT2D eigenvalue weighted by atomic mass is 10.3. The first-order chi connectivity index (χ1) is 11.7. The molecule has 0 spiro atoms. The first-order valence-corrected chi connectivity index (χ1v) is 7.28. The summed E-state index contributed by atoms with van der Waals surface area (Å²) in [5, 5.41) is 17.7. The van der Waals surface area contributed by atoms with Crippen molar-refractivity contribution >= 4 is 5.91 Å². The van der Waals surface area contributed by atoms with Gasteiger partial charge in [0, 0.05) is 26.1 Å². The van der Waals surface area contributed by atoms with Crippen molar-refractivity contribution in [2.75, 3.05) is 13.2 Å². The number of aromatic nitrogens is 7. The van der Waals surface area contributed by atoms with Crippen LogP contribution in [0, 0.1) is 0 Å². The van der Waals surface area contributed by atoms with Crippen molar-refractivity contribution in [1.82, 2.24) is 40.3 Å². The molecule has 0 fully saturated rings. The topological polar surface area (TPSA) is 113 Å². The summed E-state index contributed by atoms with van der Waals surface area (Å²) in [6.07, 6.45) is 3.58. The number of ether oxygens (including phenoxy) is 1. The van der Waals surface area contributed by atoms with Crippen LogP contribution in [-0.2, 0) is 18.3 Å². The minimum absolute atomic E-state index is 0.0716. The zero-order valence-corrected chi connectivity index (χ0v) is 13.0. The third kappa shape index (κ3) is 3.91. The van der Waals surface area contributed by atoms with Crippen LogP contribution in [0.3, 0.4) is 0 Å². The predicted molar refractivity (Wildman–Crippen MR) is 82.4 cm³/mol. The fourth-order valence-corrected chi connectivity index (χ4v) is 2.06. The third-order valence-corrected chi connectivity index (χ3v) is 3.28. The number of nitrogens with zero attached hydrogens (tertiary/aromatic N) is 7. The molecule has 0 saturated carbocycles. The molecular weight excluding hydrogens is 312 g/mol. The average Bonchev–Trinajstić information content (AvgIpc) is 3.26. The van der Waals surface area contributed by atoms with E-state index in [0.29, 0.717) is 18.7 Å². The maximum Gasteiger partial charge on any atom is 0.257 e. The number of hydrogen-bond donors (Lipinski definition) is 1. The second kappa shape index (κ2) is 7.31. The normalized spacial score (nSPS) is 10.5. The number of carbonyl (C=O) groups excluding carboxylic acids is 1. The molecule has 0 aliphatic carbocycles. The summed E-state index contributed by atoms with van der Waals surface area (Å²) in [5.74, 6) is 1.17. The number of rotatable bonds is 7. The van der Waals surface area contributed by atoms with Gasteiger partial charge in [0.2, 0.25) is 0 Å². The van der Waals surface area contributed by atoms with Gasteiger partial charge in [0.05, 0.1) is 5.69 Å². The van der Waals surface area contributed by atoms with Gasteiger partial charge in [0.1, 0.15) is 24.2 Å². The van der Waals surface area contributed by atoms with E-state index in [2.05, 4.69) is 30.9 Å². The van der Waals surface area contributed by atoms with Crippen molar-refractivity contribution in [2.45, 2.75) is 6.42 Å². The molecule has 0 aliphatic heterocycles. The summed E-state index contributed by atoms with van der Waals surface area (Å²) >= 11 is 0. The molecule has 1 aromatic carbocycles. The highest BCUT2D eigenvalue weighted by Gasteiger charge is 2.06. The summed E-state index contributed by atoms with van der Waals surface area (Å²) < 4.78 is 8.67. The second-order valence-electron chi connectivity index (χ2n) is 4.94. The third-order valence-electron chi connectivity index (χ3n) is 3.28. The van der Waals surface area contributed by atoms with Gasteiger partial charge in [-0.05, 0) is 22.6 Å². The van der Waals surface area contributed by atoms with E-state index in [1.807, 2.05) is 13.1 Å². The summed E-state index contributed by atoms with van der Waals surface area (Å²) in [5.41, 5.74) is 0.750. The van der Waals surface area contributed by atoms with E-state index >= 15 is 0 Å². The first kappa shape index (κ1) is 15.6. The standard InChI is InChI=1S/C14H16N8O2/c1-21-13(16-9-18-21)5-6-15-14(23)8-24-12-4-2-3-11(7-12)22-10-17-19-20-22/h2-4,7,9-10H,5-6,8H2,1H3,(H,15,23). The molecule has 0 aliphatic rings. The van der Waals surface area contributed by atoms with Gasteiger partial charge in [0.25, 0.3) is 5.91 Å². The van der Waals surface area contributed by atoms with Crippen LogP contribution in [0.1, 0.15) is 5.82 Å². The molecule has 0 saturated heterocycles. The van der Waals surface area contributed by atoms with Gasteiger partial charge in [-0.15, -0.1) is 5.10 Å². The quantitative estimate of drug-likeness (QED) is 0.624. The fourth-order valence-electron chi connectivity index (χ4n) is 2.06. The number of hydrogen-bond acceptors (Lipinski definition) is 7. The molecule has 1 amide bonds. The molecule has 0 unspecified atom stereocenters. The van der Waals surface area contributed by atoms with Crippen LogP contribution < -0.4 is 10.1 Å². The zero-order chi connectivity index (χ0) is 16.8. The first-order valence-electron chi connectivity index (χ1n) is 7.28. The molecule has 124 valence electrons. The Kier molecular flexibility index (Phi) is 4.75. The van der Waals surface area contributed by atoms with Crippen LogP contribution in [0.25, 0.3) is 5.69 Å². The Labute approximate surface area is 137 Å². The van der Waals surface area contributed by atoms with Crippen LogP contribution in [0.5, 0.6) is 5.75 Å². The van der Waals surface area contributed by atoms with Crippen LogP contribution in [-0.4, -0.2) is 54.0 Å². The average molecular weight is 328 g/mol. The van der Waals surface area contributed by atoms with E-state index < -0.39 is 0 Å². The van der Waals surface area contributed by atoms with Crippen molar-refractivity contribution in [3.8, 4) is 11.4 Å². The van der Waals surface area contributed by atoms with Crippen molar-refractivity contribution in [2.24, 2.45) is 7.05 Å². The molecule has 3 rings (SSSR count). The van der Waals surface area contributed by atoms with Gasteiger partial charge in [-0.2, -0.15) is 5.10 Å². The van der Waals surface area contributed by atoms with E-state index in [-0.39, 0.29) is 12.5 Å². The highest BCUT2D eigenvalue weighted by Crippen LogP contribution is 2.15. The maximum atomic E-state index is 11.8. The lowest BCUT2D eigenvalue weighted by molar-refractivity contribution is -0.123. The number of aryl methyl sites for hydroxylation is 1. The summed E-state index contributed by atoms with van der Waals surface area (Å²) in [6, 6.07) is 7.16. The molecule has 24 heavy (non-hydrogen) atoms. The fraction of sp³-hybridized carbons (Fsp3) is 0.286. The number of carbonyl (C=O) groups is 1. The molecule has 3 aromatic rings. The predicted octanol–water partition coefficient (Wildman–Crippen LogP) is -0.471. The molecule has 2 heterocycles. The van der Waals surface area contributed by atoms with Gasteiger partial charge >= 0.3 is 0 Å². The lowest BCUT2D eigenvalue weighted by Gasteiger charge is -2.08. The Morgan fingerprint density at radius 2 is 2.29 bits per heavy atom. The highest BCUT2D eigenvalue weighted by atomic mass is 16.5. The van der Waals surface area contributed by atoms with E-state index in [1.54, 1.807) is 22.9 Å². The molecule has 0 radical (unpaired) electrons. The van der Waals surface area contributed by atoms with Gasteiger partial charge < -0.3 is 10.1 Å². The van der Waals surface area contributed by atoms with E-state index in [0.717, 1.165) is 11.5 Å². The van der Waals surface area contributed by atoms with Crippen molar-refractivity contribution in [3.05, 3.63) is 42.7 Å². The minimum Gasteiger partial charge on any atom is -0.484 e. The summed E-state index contributed by atoms with van der Waals surface area (Å²) in [4.78, 5) is 15.9. The van der Waals surface area contributed by atoms with E-state index in [4.69, 9.17) is 4.74 Å². The van der Waals surface area contributed by atoms with E-state index in [9.17, 15) is 4.79 Å². The smallest absolute Gasteiger partial charge is 0.257 e. The monoisotopic (exact) mass is 328 g/mol. The second-order valence-corrected chi connectivity index (χ2v) is 4.94. The maximum absolute atomic E-state index is 11.8.